The number of fused-ring (bicyclic) bond motifs is 1. The standard InChI is InChI=1S/C22H28O4/c1-13-9-16-11-20(25-5)21(26-6)12-17(16)22(14(13)2)15-7-8-18(23-3)19(10-15)24-4/h7-8,10-14,22H,9H2,1-6H3/t13-,14+,22+/m1/s1. The normalized spacial score (nSPS) is 21.7. The van der Waals surface area contributed by atoms with Gasteiger partial charge in [0.15, 0.2) is 23.0 Å². The zero-order valence-corrected chi connectivity index (χ0v) is 16.5. The zero-order chi connectivity index (χ0) is 18.8. The fourth-order valence-electron chi connectivity index (χ4n) is 4.08. The van der Waals surface area contributed by atoms with Gasteiger partial charge in [0, 0.05) is 5.92 Å². The van der Waals surface area contributed by atoms with Gasteiger partial charge in [-0.25, -0.2) is 0 Å². The molecule has 0 spiro atoms. The van der Waals surface area contributed by atoms with E-state index in [1.165, 1.54) is 16.7 Å². The first-order valence-electron chi connectivity index (χ1n) is 9.00. The Morgan fingerprint density at radius 3 is 1.92 bits per heavy atom. The Morgan fingerprint density at radius 1 is 0.731 bits per heavy atom. The molecule has 4 nitrogen and oxygen atoms in total. The van der Waals surface area contributed by atoms with E-state index in [1.807, 2.05) is 6.07 Å². The Kier molecular flexibility index (Phi) is 5.30. The smallest absolute Gasteiger partial charge is 0.161 e. The Balaban J connectivity index is 2.15. The van der Waals surface area contributed by atoms with Crippen LogP contribution in [0, 0.1) is 11.8 Å². The number of hydrogen-bond acceptors (Lipinski definition) is 4. The molecule has 0 amide bonds. The SMILES string of the molecule is COc1ccc([C@H]2c3cc(OC)c(OC)cc3C[C@@H](C)[C@@H]2C)cc1OC. The van der Waals surface area contributed by atoms with Crippen molar-refractivity contribution in [3.05, 3.63) is 47.0 Å². The van der Waals surface area contributed by atoms with Crippen molar-refractivity contribution in [3.63, 3.8) is 0 Å². The second kappa shape index (κ2) is 7.48. The number of ether oxygens (including phenoxy) is 4. The van der Waals surface area contributed by atoms with E-state index in [1.54, 1.807) is 28.4 Å². The van der Waals surface area contributed by atoms with E-state index < -0.39 is 0 Å². The molecule has 0 fully saturated rings. The first-order chi connectivity index (χ1) is 12.5. The van der Waals surface area contributed by atoms with Crippen LogP contribution in [0.4, 0.5) is 0 Å². The third kappa shape index (κ3) is 3.09. The highest BCUT2D eigenvalue weighted by Crippen LogP contribution is 2.47. The number of methoxy groups -OCH3 is 4. The predicted octanol–water partition coefficient (Wildman–Crippen LogP) is 4.68. The number of rotatable bonds is 5. The van der Waals surface area contributed by atoms with Gasteiger partial charge in [-0.2, -0.15) is 0 Å². The molecule has 1 aliphatic carbocycles. The van der Waals surface area contributed by atoms with Gasteiger partial charge >= 0.3 is 0 Å². The molecule has 0 saturated heterocycles. The molecule has 2 aromatic rings. The van der Waals surface area contributed by atoms with E-state index in [4.69, 9.17) is 18.9 Å². The highest BCUT2D eigenvalue weighted by Gasteiger charge is 2.34. The van der Waals surface area contributed by atoms with E-state index in [9.17, 15) is 0 Å². The summed E-state index contributed by atoms with van der Waals surface area (Å²) in [6.45, 7) is 4.64. The van der Waals surface area contributed by atoms with Gasteiger partial charge in [0.05, 0.1) is 28.4 Å². The second-order valence-electron chi connectivity index (χ2n) is 7.04. The highest BCUT2D eigenvalue weighted by atomic mass is 16.5. The zero-order valence-electron chi connectivity index (χ0n) is 16.5. The fourth-order valence-corrected chi connectivity index (χ4v) is 4.08. The van der Waals surface area contributed by atoms with Crippen LogP contribution in [-0.4, -0.2) is 28.4 Å². The van der Waals surface area contributed by atoms with E-state index in [0.29, 0.717) is 11.8 Å². The summed E-state index contributed by atoms with van der Waals surface area (Å²) in [6, 6.07) is 10.5. The molecule has 0 bridgehead atoms. The molecule has 4 heteroatoms. The second-order valence-corrected chi connectivity index (χ2v) is 7.04. The van der Waals surface area contributed by atoms with Crippen LogP contribution in [0.5, 0.6) is 23.0 Å². The van der Waals surface area contributed by atoms with E-state index in [0.717, 1.165) is 29.4 Å². The first-order valence-corrected chi connectivity index (χ1v) is 9.00. The largest absolute Gasteiger partial charge is 0.493 e. The Bertz CT molecular complexity index is 784. The van der Waals surface area contributed by atoms with Crippen LogP contribution >= 0.6 is 0 Å². The van der Waals surface area contributed by atoms with Crippen LogP contribution in [0.1, 0.15) is 36.5 Å². The van der Waals surface area contributed by atoms with Crippen molar-refractivity contribution in [2.45, 2.75) is 26.2 Å². The summed E-state index contributed by atoms with van der Waals surface area (Å²) in [4.78, 5) is 0. The molecule has 0 heterocycles. The van der Waals surface area contributed by atoms with E-state index >= 15 is 0 Å². The predicted molar refractivity (Wildman–Crippen MR) is 103 cm³/mol. The monoisotopic (exact) mass is 356 g/mol. The highest BCUT2D eigenvalue weighted by molar-refractivity contribution is 5.54. The van der Waals surface area contributed by atoms with Crippen LogP contribution in [-0.2, 0) is 6.42 Å². The Morgan fingerprint density at radius 2 is 1.31 bits per heavy atom. The van der Waals surface area contributed by atoms with Crippen molar-refractivity contribution in [2.75, 3.05) is 28.4 Å². The molecule has 0 saturated carbocycles. The van der Waals surface area contributed by atoms with E-state index in [2.05, 4.69) is 38.1 Å². The average molecular weight is 356 g/mol. The summed E-state index contributed by atoms with van der Waals surface area (Å²) in [7, 11) is 6.71. The van der Waals surface area contributed by atoms with Gasteiger partial charge in [-0.15, -0.1) is 0 Å². The molecule has 0 N–H and O–H groups in total. The molecular formula is C22H28O4. The third-order valence-corrected chi connectivity index (χ3v) is 5.71. The summed E-state index contributed by atoms with van der Waals surface area (Å²) in [5.74, 6) is 4.42. The topological polar surface area (TPSA) is 36.9 Å². The van der Waals surface area contributed by atoms with Gasteiger partial charge in [-0.3, -0.25) is 0 Å². The molecule has 26 heavy (non-hydrogen) atoms. The molecular weight excluding hydrogens is 328 g/mol. The maximum Gasteiger partial charge on any atom is 0.161 e. The molecule has 1 aliphatic rings. The van der Waals surface area contributed by atoms with E-state index in [-0.39, 0.29) is 5.92 Å². The molecule has 0 aliphatic heterocycles. The van der Waals surface area contributed by atoms with Gasteiger partial charge in [0.1, 0.15) is 0 Å². The van der Waals surface area contributed by atoms with Crippen molar-refractivity contribution < 1.29 is 18.9 Å². The summed E-state index contributed by atoms with van der Waals surface area (Å²) in [5.41, 5.74) is 3.86. The molecule has 3 rings (SSSR count). The minimum absolute atomic E-state index is 0.272. The number of hydrogen-bond donors (Lipinski definition) is 0. The summed E-state index contributed by atoms with van der Waals surface area (Å²) in [5, 5.41) is 0. The fraction of sp³-hybridized carbons (Fsp3) is 0.455. The molecule has 2 aromatic carbocycles. The maximum absolute atomic E-state index is 5.56. The van der Waals surface area contributed by atoms with Gasteiger partial charge in [0.25, 0.3) is 0 Å². The molecule has 140 valence electrons. The van der Waals surface area contributed by atoms with Crippen LogP contribution in [0.2, 0.25) is 0 Å². The average Bonchev–Trinajstić information content (AvgIpc) is 2.67. The lowest BCUT2D eigenvalue weighted by atomic mass is 9.68. The lowest BCUT2D eigenvalue weighted by molar-refractivity contribution is 0.316. The summed E-state index contributed by atoms with van der Waals surface area (Å²) < 4.78 is 22.0. The van der Waals surface area contributed by atoms with Gasteiger partial charge in [0.2, 0.25) is 0 Å². The lowest BCUT2D eigenvalue weighted by Crippen LogP contribution is -2.27. The first kappa shape index (κ1) is 18.4. The van der Waals surface area contributed by atoms with Gasteiger partial charge < -0.3 is 18.9 Å². The van der Waals surface area contributed by atoms with Crippen LogP contribution in [0.3, 0.4) is 0 Å². The molecule has 0 unspecified atom stereocenters. The van der Waals surface area contributed by atoms with Crippen LogP contribution in [0.15, 0.2) is 30.3 Å². The third-order valence-electron chi connectivity index (χ3n) is 5.71. The minimum atomic E-state index is 0.272. The molecule has 0 radical (unpaired) electrons. The minimum Gasteiger partial charge on any atom is -0.493 e. The van der Waals surface area contributed by atoms with Crippen molar-refractivity contribution in [2.24, 2.45) is 11.8 Å². The molecule has 0 aromatic heterocycles. The maximum atomic E-state index is 5.56. The van der Waals surface area contributed by atoms with Crippen molar-refractivity contribution >= 4 is 0 Å². The summed E-state index contributed by atoms with van der Waals surface area (Å²) in [6.07, 6.45) is 1.04. The van der Waals surface area contributed by atoms with Crippen molar-refractivity contribution in [1.29, 1.82) is 0 Å². The van der Waals surface area contributed by atoms with Gasteiger partial charge in [-0.1, -0.05) is 19.9 Å². The van der Waals surface area contributed by atoms with Crippen LogP contribution < -0.4 is 18.9 Å². The van der Waals surface area contributed by atoms with Crippen LogP contribution in [0.25, 0.3) is 0 Å². The quantitative estimate of drug-likeness (QED) is 0.779. The van der Waals surface area contributed by atoms with Crippen molar-refractivity contribution in [3.8, 4) is 23.0 Å². The summed E-state index contributed by atoms with van der Waals surface area (Å²) >= 11 is 0. The Hall–Kier alpha value is -2.36. The number of benzene rings is 2. The lowest BCUT2D eigenvalue weighted by Gasteiger charge is -2.37. The van der Waals surface area contributed by atoms with Crippen molar-refractivity contribution in [1.82, 2.24) is 0 Å². The molecule has 3 atom stereocenters. The van der Waals surface area contributed by atoms with Gasteiger partial charge in [-0.05, 0) is 59.2 Å². The Labute approximate surface area is 156 Å².